The van der Waals surface area contributed by atoms with Crippen molar-refractivity contribution in [3.05, 3.63) is 81.0 Å². The molecule has 0 radical (unpaired) electrons. The van der Waals surface area contributed by atoms with E-state index in [0.29, 0.717) is 22.9 Å². The van der Waals surface area contributed by atoms with Crippen molar-refractivity contribution < 1.29 is 9.21 Å². The molecule has 0 aliphatic heterocycles. The first-order valence-electron chi connectivity index (χ1n) is 10.2. The summed E-state index contributed by atoms with van der Waals surface area (Å²) in [6.45, 7) is 5.60. The summed E-state index contributed by atoms with van der Waals surface area (Å²) >= 11 is 0. The molecule has 0 saturated heterocycles. The van der Waals surface area contributed by atoms with Crippen molar-refractivity contribution in [1.82, 2.24) is 14.5 Å². The molecule has 2 heterocycles. The van der Waals surface area contributed by atoms with Gasteiger partial charge in [-0.1, -0.05) is 42.5 Å². The minimum Gasteiger partial charge on any atom is -0.449 e. The van der Waals surface area contributed by atoms with Crippen LogP contribution in [-0.2, 0) is 24.3 Å². The third-order valence-electron chi connectivity index (χ3n) is 5.02. The van der Waals surface area contributed by atoms with E-state index in [1.54, 1.807) is 18.2 Å². The Morgan fingerprint density at radius 3 is 2.35 bits per heavy atom. The quantitative estimate of drug-likeness (QED) is 0.539. The van der Waals surface area contributed by atoms with Crippen molar-refractivity contribution in [2.45, 2.75) is 45.8 Å². The molecule has 7 nitrogen and oxygen atoms in total. The Morgan fingerprint density at radius 2 is 1.65 bits per heavy atom. The Morgan fingerprint density at radius 1 is 0.968 bits per heavy atom. The second-order valence-corrected chi connectivity index (χ2v) is 8.64. The van der Waals surface area contributed by atoms with Crippen LogP contribution in [0.5, 0.6) is 0 Å². The summed E-state index contributed by atoms with van der Waals surface area (Å²) in [5.41, 5.74) is 0.488. The molecule has 2 aromatic heterocycles. The molecule has 0 bridgehead atoms. The molecule has 0 aliphatic rings. The van der Waals surface area contributed by atoms with Gasteiger partial charge in [0.05, 0.1) is 0 Å². The summed E-state index contributed by atoms with van der Waals surface area (Å²) in [4.78, 5) is 39.2. The summed E-state index contributed by atoms with van der Waals surface area (Å²) in [7, 11) is 0. The molecule has 31 heavy (non-hydrogen) atoms. The fourth-order valence-electron chi connectivity index (χ4n) is 3.73. The van der Waals surface area contributed by atoms with E-state index in [2.05, 4.69) is 5.32 Å². The number of amides is 1. The highest BCUT2D eigenvalue weighted by Crippen LogP contribution is 2.25. The van der Waals surface area contributed by atoms with E-state index < -0.39 is 16.8 Å². The molecule has 0 aliphatic carbocycles. The molecular formula is C24H25N3O4. The van der Waals surface area contributed by atoms with Crippen molar-refractivity contribution in [2.75, 3.05) is 0 Å². The fourth-order valence-corrected chi connectivity index (χ4v) is 3.73. The van der Waals surface area contributed by atoms with Crippen LogP contribution in [0.15, 0.2) is 68.6 Å². The monoisotopic (exact) mass is 419 g/mol. The predicted molar refractivity (Wildman–Crippen MR) is 120 cm³/mol. The maximum absolute atomic E-state index is 13.4. The topological polar surface area (TPSA) is 86.2 Å². The number of benzene rings is 2. The van der Waals surface area contributed by atoms with E-state index >= 15 is 0 Å². The predicted octanol–water partition coefficient (Wildman–Crippen LogP) is 3.07. The van der Waals surface area contributed by atoms with E-state index in [1.807, 2.05) is 57.2 Å². The third kappa shape index (κ3) is 4.17. The molecule has 0 saturated carbocycles. The van der Waals surface area contributed by atoms with Gasteiger partial charge in [0, 0.05) is 17.5 Å². The Hall–Kier alpha value is -3.61. The lowest BCUT2D eigenvalue weighted by atomic mass is 10.1. The number of carbonyl (C=O) groups is 1. The number of aryl methyl sites for hydroxylation is 1. The number of aromatic nitrogens is 2. The number of carbonyl (C=O) groups excluding carboxylic acids is 1. The molecular weight excluding hydrogens is 394 g/mol. The minimum absolute atomic E-state index is 0.0809. The van der Waals surface area contributed by atoms with Crippen LogP contribution in [0.25, 0.3) is 22.1 Å². The first-order valence-corrected chi connectivity index (χ1v) is 10.2. The molecule has 4 aromatic rings. The van der Waals surface area contributed by atoms with Gasteiger partial charge in [0.1, 0.15) is 17.6 Å². The normalized spacial score (nSPS) is 11.8. The summed E-state index contributed by atoms with van der Waals surface area (Å²) < 4.78 is 8.33. The lowest BCUT2D eigenvalue weighted by molar-refractivity contribution is -0.123. The first kappa shape index (κ1) is 20.7. The van der Waals surface area contributed by atoms with Crippen molar-refractivity contribution in [3.8, 4) is 0 Å². The summed E-state index contributed by atoms with van der Waals surface area (Å²) in [5.74, 6) is -0.311. The molecule has 2 aromatic carbocycles. The Bertz CT molecular complexity index is 1370. The minimum atomic E-state index is -0.524. The number of fused-ring (bicyclic) bond motifs is 3. The fraction of sp³-hybridized carbons (Fsp3) is 0.292. The zero-order valence-electron chi connectivity index (χ0n) is 17.8. The molecule has 0 fully saturated rings. The Kier molecular flexibility index (Phi) is 5.27. The number of nitrogens with zero attached hydrogens (tertiary/aromatic N) is 2. The Balaban J connectivity index is 1.87. The first-order chi connectivity index (χ1) is 14.7. The van der Waals surface area contributed by atoms with Crippen molar-refractivity contribution in [1.29, 1.82) is 0 Å². The lowest BCUT2D eigenvalue weighted by Crippen LogP contribution is -2.46. The van der Waals surface area contributed by atoms with Gasteiger partial charge < -0.3 is 9.73 Å². The van der Waals surface area contributed by atoms with Crippen LogP contribution in [0.3, 0.4) is 0 Å². The zero-order chi connectivity index (χ0) is 22.2. The highest BCUT2D eigenvalue weighted by Gasteiger charge is 2.22. The van der Waals surface area contributed by atoms with Crippen molar-refractivity contribution in [3.63, 3.8) is 0 Å². The van der Waals surface area contributed by atoms with Gasteiger partial charge in [0.25, 0.3) is 5.56 Å². The molecule has 7 heteroatoms. The highest BCUT2D eigenvalue weighted by atomic mass is 16.3. The van der Waals surface area contributed by atoms with Gasteiger partial charge in [0.2, 0.25) is 11.5 Å². The summed E-state index contributed by atoms with van der Waals surface area (Å²) in [5, 5.41) is 3.51. The van der Waals surface area contributed by atoms with Gasteiger partial charge in [-0.25, -0.2) is 4.79 Å². The number of hydrogen-bond acceptors (Lipinski definition) is 4. The van der Waals surface area contributed by atoms with Crippen LogP contribution in [-0.4, -0.2) is 20.6 Å². The molecule has 1 amide bonds. The molecule has 4 rings (SSSR count). The van der Waals surface area contributed by atoms with Crippen molar-refractivity contribution >= 4 is 28.0 Å². The maximum Gasteiger partial charge on any atom is 0.332 e. The van der Waals surface area contributed by atoms with Crippen LogP contribution in [0.4, 0.5) is 0 Å². The van der Waals surface area contributed by atoms with Crippen LogP contribution in [0.2, 0.25) is 0 Å². The molecule has 1 N–H and O–H groups in total. The van der Waals surface area contributed by atoms with Gasteiger partial charge in [-0.2, -0.15) is 0 Å². The number of nitrogens with one attached hydrogen (secondary N) is 1. The number of hydrogen-bond donors (Lipinski definition) is 1. The smallest absolute Gasteiger partial charge is 0.332 e. The number of rotatable bonds is 5. The van der Waals surface area contributed by atoms with Crippen LogP contribution in [0, 0.1) is 0 Å². The molecule has 0 atom stereocenters. The molecule has 0 spiro atoms. The zero-order valence-corrected chi connectivity index (χ0v) is 17.8. The van der Waals surface area contributed by atoms with Crippen LogP contribution < -0.4 is 16.6 Å². The second kappa shape index (κ2) is 7.91. The van der Waals surface area contributed by atoms with E-state index in [1.165, 1.54) is 4.57 Å². The van der Waals surface area contributed by atoms with E-state index in [9.17, 15) is 14.4 Å². The molecule has 0 unspecified atom stereocenters. The maximum atomic E-state index is 13.4. The number of para-hydroxylation sites is 1. The Labute approximate surface area is 178 Å². The largest absolute Gasteiger partial charge is 0.449 e. The van der Waals surface area contributed by atoms with Crippen molar-refractivity contribution in [2.24, 2.45) is 0 Å². The van der Waals surface area contributed by atoms with Gasteiger partial charge in [-0.3, -0.25) is 18.7 Å². The van der Waals surface area contributed by atoms with E-state index in [4.69, 9.17) is 4.42 Å². The van der Waals surface area contributed by atoms with Gasteiger partial charge >= 0.3 is 5.69 Å². The van der Waals surface area contributed by atoms with Gasteiger partial charge in [-0.15, -0.1) is 0 Å². The second-order valence-electron chi connectivity index (χ2n) is 8.64. The molecule has 160 valence electrons. The summed E-state index contributed by atoms with van der Waals surface area (Å²) in [6, 6.07) is 16.8. The lowest BCUT2D eigenvalue weighted by Gasteiger charge is -2.21. The SMILES string of the molecule is CC(C)(C)NC(=O)Cn1c(=O)n(CCc2ccccc2)c(=O)c2oc3ccccc3c21. The number of furan rings is 1. The third-order valence-corrected chi connectivity index (χ3v) is 5.02. The van der Waals surface area contributed by atoms with Gasteiger partial charge in [-0.05, 0) is 44.9 Å². The summed E-state index contributed by atoms with van der Waals surface area (Å²) in [6.07, 6.45) is 0.510. The standard InChI is InChI=1S/C24H25N3O4/c1-24(2,3)25-19(28)15-27-20-17-11-7-8-12-18(17)31-21(20)22(29)26(23(27)30)14-13-16-9-5-4-6-10-16/h4-12H,13-15H2,1-3H3,(H,25,28). The average molecular weight is 419 g/mol. The van der Waals surface area contributed by atoms with E-state index in [-0.39, 0.29) is 24.6 Å². The van der Waals surface area contributed by atoms with Crippen LogP contribution >= 0.6 is 0 Å². The van der Waals surface area contributed by atoms with Crippen LogP contribution in [0.1, 0.15) is 26.3 Å². The van der Waals surface area contributed by atoms with E-state index in [0.717, 1.165) is 10.1 Å². The average Bonchev–Trinajstić information content (AvgIpc) is 3.10. The van der Waals surface area contributed by atoms with Gasteiger partial charge in [0.15, 0.2) is 0 Å². The highest BCUT2D eigenvalue weighted by molar-refractivity contribution is 6.02.